The molecule has 2 N–H and O–H groups in total. The molecule has 0 unspecified atom stereocenters. The Morgan fingerprint density at radius 1 is 1.23 bits per heavy atom. The van der Waals surface area contributed by atoms with Crippen LogP contribution in [-0.4, -0.2) is 57.7 Å². The van der Waals surface area contributed by atoms with Crippen molar-refractivity contribution in [1.29, 1.82) is 0 Å². The number of hydrogen-bond acceptors (Lipinski definition) is 7. The van der Waals surface area contributed by atoms with Crippen molar-refractivity contribution in [3.63, 3.8) is 0 Å². The van der Waals surface area contributed by atoms with Gasteiger partial charge in [-0.25, -0.2) is 14.6 Å². The second-order valence-corrected chi connectivity index (χ2v) is 8.62. The number of carbonyl (C=O) groups is 1. The van der Waals surface area contributed by atoms with E-state index in [1.165, 1.54) is 6.08 Å². The van der Waals surface area contributed by atoms with Gasteiger partial charge in [0.15, 0.2) is 10.8 Å². The summed E-state index contributed by atoms with van der Waals surface area (Å²) >= 11 is 1.60. The molecule has 1 amide bonds. The van der Waals surface area contributed by atoms with Crippen LogP contribution in [0, 0.1) is 0 Å². The van der Waals surface area contributed by atoms with Crippen LogP contribution in [0.25, 0.3) is 17.1 Å². The van der Waals surface area contributed by atoms with E-state index in [1.54, 1.807) is 35.8 Å². The van der Waals surface area contributed by atoms with Crippen LogP contribution >= 0.6 is 11.8 Å². The molecule has 9 heteroatoms. The lowest BCUT2D eigenvalue weighted by atomic mass is 10.2. The van der Waals surface area contributed by atoms with Crippen molar-refractivity contribution >= 4 is 40.6 Å². The van der Waals surface area contributed by atoms with Crippen LogP contribution in [0.3, 0.4) is 0 Å². The van der Waals surface area contributed by atoms with Crippen molar-refractivity contribution in [2.45, 2.75) is 30.8 Å². The molecule has 2 heterocycles. The van der Waals surface area contributed by atoms with Crippen LogP contribution in [0.1, 0.15) is 19.4 Å². The number of aromatic nitrogens is 4. The Kier molecular flexibility index (Phi) is 8.43. The summed E-state index contributed by atoms with van der Waals surface area (Å²) < 4.78 is 6.92. The molecule has 0 aliphatic carbocycles. The van der Waals surface area contributed by atoms with Crippen LogP contribution < -0.4 is 10.6 Å². The van der Waals surface area contributed by atoms with Crippen LogP contribution in [0.2, 0.25) is 0 Å². The maximum atomic E-state index is 12.1. The van der Waals surface area contributed by atoms with Gasteiger partial charge in [-0.15, -0.1) is 0 Å². The predicted molar refractivity (Wildman–Crippen MR) is 125 cm³/mol. The lowest BCUT2D eigenvalue weighted by Crippen LogP contribution is -2.25. The molecule has 0 atom stereocenters. The Morgan fingerprint density at radius 2 is 2.03 bits per heavy atom. The number of ether oxygens (including phenoxy) is 1. The molecule has 8 nitrogen and oxygen atoms in total. The number of thioether (sulfide) groups is 1. The largest absolute Gasteiger partial charge is 0.383 e. The Bertz CT molecular complexity index is 1020. The summed E-state index contributed by atoms with van der Waals surface area (Å²) in [6.07, 6.45) is 5.08. The Labute approximate surface area is 186 Å². The summed E-state index contributed by atoms with van der Waals surface area (Å²) in [5.41, 5.74) is 1.73. The van der Waals surface area contributed by atoms with Gasteiger partial charge in [-0.05, 0) is 11.6 Å². The summed E-state index contributed by atoms with van der Waals surface area (Å²) in [4.78, 5) is 21.4. The maximum Gasteiger partial charge on any atom is 0.244 e. The van der Waals surface area contributed by atoms with Crippen molar-refractivity contribution in [2.75, 3.05) is 32.1 Å². The number of rotatable bonds is 11. The van der Waals surface area contributed by atoms with Gasteiger partial charge in [0.25, 0.3) is 0 Å². The molecule has 0 radical (unpaired) electrons. The molecule has 3 aromatic rings. The third-order valence-corrected chi connectivity index (χ3v) is 5.13. The molecule has 0 fully saturated rings. The second kappa shape index (κ2) is 11.5. The zero-order valence-corrected chi connectivity index (χ0v) is 18.9. The summed E-state index contributed by atoms with van der Waals surface area (Å²) in [6, 6.07) is 9.71. The molecular formula is C22H28N6O2S. The van der Waals surface area contributed by atoms with Crippen LogP contribution in [0.15, 0.2) is 47.8 Å². The van der Waals surface area contributed by atoms with Crippen molar-refractivity contribution in [3.8, 4) is 0 Å². The van der Waals surface area contributed by atoms with E-state index >= 15 is 0 Å². The third kappa shape index (κ3) is 6.80. The lowest BCUT2D eigenvalue weighted by Gasteiger charge is -2.10. The first kappa shape index (κ1) is 22.8. The molecule has 164 valence electrons. The van der Waals surface area contributed by atoms with E-state index in [-0.39, 0.29) is 5.91 Å². The average molecular weight is 441 g/mol. The van der Waals surface area contributed by atoms with Gasteiger partial charge < -0.3 is 15.4 Å². The van der Waals surface area contributed by atoms with E-state index in [0.717, 1.165) is 22.4 Å². The molecule has 31 heavy (non-hydrogen) atoms. The van der Waals surface area contributed by atoms with E-state index in [9.17, 15) is 4.79 Å². The van der Waals surface area contributed by atoms with Crippen molar-refractivity contribution < 1.29 is 9.53 Å². The number of nitrogens with one attached hydrogen (secondary N) is 2. The monoisotopic (exact) mass is 440 g/mol. The van der Waals surface area contributed by atoms with Crippen LogP contribution in [0.5, 0.6) is 0 Å². The summed E-state index contributed by atoms with van der Waals surface area (Å²) in [5, 5.41) is 12.5. The molecule has 0 aliphatic heterocycles. The fourth-order valence-electron chi connectivity index (χ4n) is 2.85. The first-order chi connectivity index (χ1) is 15.1. The van der Waals surface area contributed by atoms with Gasteiger partial charge in [-0.2, -0.15) is 5.10 Å². The number of benzene rings is 1. The Balaban J connectivity index is 1.67. The highest BCUT2D eigenvalue weighted by Crippen LogP contribution is 2.26. The van der Waals surface area contributed by atoms with E-state index in [1.807, 2.05) is 30.3 Å². The molecule has 0 saturated heterocycles. The van der Waals surface area contributed by atoms with Gasteiger partial charge in [0.2, 0.25) is 5.91 Å². The van der Waals surface area contributed by atoms with E-state index in [4.69, 9.17) is 9.72 Å². The molecule has 2 aromatic heterocycles. The molecule has 0 saturated carbocycles. The predicted octanol–water partition coefficient (Wildman–Crippen LogP) is 3.21. The lowest BCUT2D eigenvalue weighted by molar-refractivity contribution is -0.116. The zero-order chi connectivity index (χ0) is 22.1. The normalized spacial score (nSPS) is 11.5. The highest BCUT2D eigenvalue weighted by atomic mass is 32.2. The number of methoxy groups -OCH3 is 1. The van der Waals surface area contributed by atoms with Gasteiger partial charge in [0, 0.05) is 31.5 Å². The summed E-state index contributed by atoms with van der Waals surface area (Å²) in [6.45, 7) is 6.38. The van der Waals surface area contributed by atoms with Gasteiger partial charge in [0.1, 0.15) is 5.82 Å². The standard InChI is InChI=1S/C22H28N6O2S/c1-16(2)31-22-26-20(24-12-14-30-3)18-15-25-28(21(18)27-22)13-11-23-19(29)10-9-17-7-5-4-6-8-17/h4-10,15-16H,11-14H2,1-3H3,(H,23,29)(H,24,26,27)/b10-9-. The summed E-state index contributed by atoms with van der Waals surface area (Å²) in [7, 11) is 1.67. The van der Waals surface area contributed by atoms with Crippen LogP contribution in [-0.2, 0) is 16.1 Å². The topological polar surface area (TPSA) is 94.0 Å². The Hall–Kier alpha value is -2.91. The van der Waals surface area contributed by atoms with Gasteiger partial charge in [0.05, 0.1) is 24.7 Å². The van der Waals surface area contributed by atoms with E-state index in [2.05, 4.69) is 34.6 Å². The number of anilines is 1. The molecule has 1 aromatic carbocycles. The van der Waals surface area contributed by atoms with Crippen LogP contribution in [0.4, 0.5) is 5.82 Å². The minimum atomic E-state index is -0.145. The van der Waals surface area contributed by atoms with Crippen molar-refractivity contribution in [1.82, 2.24) is 25.1 Å². The van der Waals surface area contributed by atoms with Gasteiger partial charge in [-0.3, -0.25) is 4.79 Å². The number of hydrogen-bond donors (Lipinski definition) is 2. The molecule has 0 bridgehead atoms. The molecular weight excluding hydrogens is 412 g/mol. The van der Waals surface area contributed by atoms with Crippen molar-refractivity contribution in [3.05, 3.63) is 48.2 Å². The van der Waals surface area contributed by atoms with Gasteiger partial charge in [-0.1, -0.05) is 55.9 Å². The quantitative estimate of drug-likeness (QED) is 0.205. The SMILES string of the molecule is COCCNc1nc(SC(C)C)nc2c1cnn2CCNC(=O)/C=C\c1ccccc1. The fourth-order valence-corrected chi connectivity index (χ4v) is 3.55. The second-order valence-electron chi connectivity index (χ2n) is 7.08. The smallest absolute Gasteiger partial charge is 0.244 e. The summed E-state index contributed by atoms with van der Waals surface area (Å²) in [5.74, 6) is 0.596. The molecule has 0 spiro atoms. The molecule has 0 aliphatic rings. The first-order valence-corrected chi connectivity index (χ1v) is 11.1. The highest BCUT2D eigenvalue weighted by Gasteiger charge is 2.14. The number of nitrogens with zero attached hydrogens (tertiary/aromatic N) is 4. The van der Waals surface area contributed by atoms with E-state index in [0.29, 0.717) is 36.6 Å². The van der Waals surface area contributed by atoms with Crippen molar-refractivity contribution in [2.24, 2.45) is 0 Å². The zero-order valence-electron chi connectivity index (χ0n) is 18.0. The highest BCUT2D eigenvalue weighted by molar-refractivity contribution is 7.99. The Morgan fingerprint density at radius 3 is 2.77 bits per heavy atom. The number of fused-ring (bicyclic) bond motifs is 1. The number of carbonyl (C=O) groups excluding carboxylic acids is 1. The minimum absolute atomic E-state index is 0.145. The average Bonchev–Trinajstić information content (AvgIpc) is 3.16. The molecule has 3 rings (SSSR count). The maximum absolute atomic E-state index is 12.1. The van der Waals surface area contributed by atoms with Gasteiger partial charge >= 0.3 is 0 Å². The first-order valence-electron chi connectivity index (χ1n) is 10.2. The third-order valence-electron chi connectivity index (χ3n) is 4.27. The minimum Gasteiger partial charge on any atom is -0.383 e. The van der Waals surface area contributed by atoms with E-state index < -0.39 is 0 Å². The fraction of sp³-hybridized carbons (Fsp3) is 0.364. The number of amides is 1.